The monoisotopic (exact) mass is 857 g/mol. The number of ether oxygens (including phenoxy) is 3. The number of fused-ring (bicyclic) bond motifs is 1. The number of aromatic nitrogens is 2. The summed E-state index contributed by atoms with van der Waals surface area (Å²) in [7, 11) is -4.33. The van der Waals surface area contributed by atoms with Gasteiger partial charge in [-0.1, -0.05) is 60.8 Å². The Morgan fingerprint density at radius 3 is 2.49 bits per heavy atom. The standard InChI is InChI=1S/C45H49Cl2N5O6S/c1-45(2)17-14-32(37(26-45)31-6-8-33(46)9-7-31)27-51-18-20-52(21-19-51)34-10-12-36(42(24-34)58-41-5-3-4-39-43(41)49-29-48-39)44(53)50-59(54,55)35-11-13-40(38(47)25-35)57-28-30-15-22-56-23-16-30/h3-13,24-25,29-30H,14-23,26-28H2,1-2H3,(H,48,49)(H,50,53). The Morgan fingerprint density at radius 1 is 0.949 bits per heavy atom. The molecule has 2 aliphatic heterocycles. The number of para-hydroxylation sites is 1. The Bertz CT molecular complexity index is 2460. The topological polar surface area (TPSA) is 126 Å². The summed E-state index contributed by atoms with van der Waals surface area (Å²) in [5, 5.41) is 0.876. The van der Waals surface area contributed by atoms with Gasteiger partial charge < -0.3 is 24.1 Å². The SMILES string of the molecule is CC1(C)CCC(CN2CCN(c3ccc(C(=O)NS(=O)(=O)c4ccc(OCC5CCOCC5)c(Cl)c4)c(Oc4cccc5[nH]cnc45)c3)CC2)=C(c2ccc(Cl)cc2)C1. The molecule has 1 aliphatic carbocycles. The number of sulfonamides is 1. The highest BCUT2D eigenvalue weighted by atomic mass is 35.5. The van der Waals surface area contributed by atoms with E-state index in [1.165, 1.54) is 34.9 Å². The molecule has 59 heavy (non-hydrogen) atoms. The second-order valence-electron chi connectivity index (χ2n) is 16.4. The molecular weight excluding hydrogens is 809 g/mol. The fraction of sp³-hybridized carbons (Fsp3) is 0.378. The van der Waals surface area contributed by atoms with Gasteiger partial charge in [0.2, 0.25) is 0 Å². The van der Waals surface area contributed by atoms with Crippen LogP contribution < -0.4 is 19.1 Å². The third-order valence-electron chi connectivity index (χ3n) is 11.6. The third kappa shape index (κ3) is 9.74. The highest BCUT2D eigenvalue weighted by molar-refractivity contribution is 7.90. The molecule has 3 heterocycles. The number of carbonyl (C=O) groups is 1. The van der Waals surface area contributed by atoms with Crippen LogP contribution in [0.15, 0.2) is 95.7 Å². The quantitative estimate of drug-likeness (QED) is 0.126. The number of rotatable bonds is 12. The van der Waals surface area contributed by atoms with Crippen LogP contribution in [0.2, 0.25) is 10.0 Å². The molecule has 2 saturated heterocycles. The molecule has 11 nitrogen and oxygen atoms in total. The molecule has 0 radical (unpaired) electrons. The molecule has 310 valence electrons. The summed E-state index contributed by atoms with van der Waals surface area (Å²) in [6.45, 7) is 10.7. The molecule has 0 unspecified atom stereocenters. The Morgan fingerprint density at radius 2 is 1.73 bits per heavy atom. The maximum atomic E-state index is 13.9. The van der Waals surface area contributed by atoms with Gasteiger partial charge in [-0.2, -0.15) is 0 Å². The van der Waals surface area contributed by atoms with Gasteiger partial charge in [0, 0.05) is 62.7 Å². The first-order chi connectivity index (χ1) is 28.4. The third-order valence-corrected chi connectivity index (χ3v) is 13.5. The lowest BCUT2D eigenvalue weighted by molar-refractivity contribution is 0.0497. The molecule has 2 N–H and O–H groups in total. The minimum atomic E-state index is -4.33. The number of imidazole rings is 1. The van der Waals surface area contributed by atoms with Crippen LogP contribution in [0.25, 0.3) is 16.6 Å². The second kappa shape index (κ2) is 17.6. The molecule has 0 spiro atoms. The van der Waals surface area contributed by atoms with E-state index in [-0.39, 0.29) is 26.6 Å². The summed E-state index contributed by atoms with van der Waals surface area (Å²) in [6.07, 6.45) is 6.61. The normalized spacial score (nSPS) is 17.9. The number of anilines is 1. The van der Waals surface area contributed by atoms with Gasteiger partial charge in [0.25, 0.3) is 15.9 Å². The Labute approximate surface area is 355 Å². The number of allylic oxidation sites excluding steroid dienone is 1. The zero-order valence-electron chi connectivity index (χ0n) is 33.3. The number of amides is 1. The van der Waals surface area contributed by atoms with Gasteiger partial charge in [-0.15, -0.1) is 0 Å². The van der Waals surface area contributed by atoms with Crippen LogP contribution in [-0.2, 0) is 14.8 Å². The van der Waals surface area contributed by atoms with Crippen LogP contribution in [0.5, 0.6) is 17.2 Å². The van der Waals surface area contributed by atoms with E-state index in [0.717, 1.165) is 81.1 Å². The maximum absolute atomic E-state index is 13.9. The first-order valence-electron chi connectivity index (χ1n) is 20.2. The van der Waals surface area contributed by atoms with Crippen molar-refractivity contribution in [2.75, 3.05) is 57.4 Å². The van der Waals surface area contributed by atoms with Crippen LogP contribution in [0.4, 0.5) is 5.69 Å². The minimum absolute atomic E-state index is 0.0490. The number of hydrogen-bond acceptors (Lipinski definition) is 9. The van der Waals surface area contributed by atoms with Crippen molar-refractivity contribution >= 4 is 61.4 Å². The van der Waals surface area contributed by atoms with E-state index < -0.39 is 15.9 Å². The number of H-pyrrole nitrogens is 1. The van der Waals surface area contributed by atoms with Crippen molar-refractivity contribution in [3.8, 4) is 17.2 Å². The minimum Gasteiger partial charge on any atom is -0.492 e. The molecule has 1 aromatic heterocycles. The smallest absolute Gasteiger partial charge is 0.268 e. The van der Waals surface area contributed by atoms with Gasteiger partial charge >= 0.3 is 0 Å². The summed E-state index contributed by atoms with van der Waals surface area (Å²) >= 11 is 12.7. The van der Waals surface area contributed by atoms with Gasteiger partial charge in [-0.3, -0.25) is 9.69 Å². The zero-order valence-corrected chi connectivity index (χ0v) is 35.6. The van der Waals surface area contributed by atoms with Crippen LogP contribution in [0, 0.1) is 11.3 Å². The predicted molar refractivity (Wildman–Crippen MR) is 232 cm³/mol. The highest BCUT2D eigenvalue weighted by Crippen LogP contribution is 2.43. The van der Waals surface area contributed by atoms with Gasteiger partial charge in [0.1, 0.15) is 17.0 Å². The van der Waals surface area contributed by atoms with Crippen LogP contribution >= 0.6 is 23.2 Å². The Balaban J connectivity index is 0.993. The van der Waals surface area contributed by atoms with Crippen molar-refractivity contribution in [3.05, 3.63) is 112 Å². The Kier molecular flexibility index (Phi) is 12.2. The number of nitrogens with one attached hydrogen (secondary N) is 2. The molecule has 4 aromatic carbocycles. The van der Waals surface area contributed by atoms with E-state index in [0.29, 0.717) is 42.8 Å². The summed E-state index contributed by atoms with van der Waals surface area (Å²) in [4.78, 5) is 26.0. The van der Waals surface area contributed by atoms with Gasteiger partial charge in [-0.05, 0) is 109 Å². The van der Waals surface area contributed by atoms with Crippen molar-refractivity contribution in [2.45, 2.75) is 50.8 Å². The summed E-state index contributed by atoms with van der Waals surface area (Å²) in [5.41, 5.74) is 6.66. The first-order valence-corrected chi connectivity index (χ1v) is 22.4. The maximum Gasteiger partial charge on any atom is 0.268 e. The lowest BCUT2D eigenvalue weighted by Gasteiger charge is -2.39. The summed E-state index contributed by atoms with van der Waals surface area (Å²) in [5.74, 6) is 0.488. The molecule has 8 rings (SSSR count). The number of nitrogens with zero attached hydrogens (tertiary/aromatic N) is 3. The second-order valence-corrected chi connectivity index (χ2v) is 19.0. The zero-order chi connectivity index (χ0) is 41.1. The molecule has 3 aliphatic rings. The van der Waals surface area contributed by atoms with Crippen molar-refractivity contribution in [2.24, 2.45) is 11.3 Å². The van der Waals surface area contributed by atoms with Crippen LogP contribution in [0.1, 0.15) is 61.9 Å². The predicted octanol–water partition coefficient (Wildman–Crippen LogP) is 9.37. The largest absolute Gasteiger partial charge is 0.492 e. The molecule has 2 fully saturated rings. The number of aromatic amines is 1. The molecule has 0 bridgehead atoms. The van der Waals surface area contributed by atoms with Crippen molar-refractivity contribution in [1.29, 1.82) is 0 Å². The number of benzene rings is 4. The molecule has 14 heteroatoms. The molecule has 0 atom stereocenters. The van der Waals surface area contributed by atoms with Crippen molar-refractivity contribution < 1.29 is 27.4 Å². The number of hydrogen-bond donors (Lipinski definition) is 2. The fourth-order valence-electron chi connectivity index (χ4n) is 8.14. The lowest BCUT2D eigenvalue weighted by Crippen LogP contribution is -2.47. The molecule has 5 aromatic rings. The van der Waals surface area contributed by atoms with Gasteiger partial charge in [0.05, 0.1) is 33.9 Å². The van der Waals surface area contributed by atoms with Crippen molar-refractivity contribution in [3.63, 3.8) is 0 Å². The Hall–Kier alpha value is -4.59. The van der Waals surface area contributed by atoms with E-state index in [4.69, 9.17) is 37.4 Å². The number of halogens is 2. The molecule has 1 amide bonds. The fourth-order valence-corrected chi connectivity index (χ4v) is 9.56. The molecule has 0 saturated carbocycles. The summed E-state index contributed by atoms with van der Waals surface area (Å²) in [6, 6.07) is 23.1. The van der Waals surface area contributed by atoms with E-state index in [2.05, 4.69) is 50.5 Å². The molecular formula is C45H49Cl2N5O6S. The van der Waals surface area contributed by atoms with E-state index in [9.17, 15) is 13.2 Å². The van der Waals surface area contributed by atoms with Gasteiger partial charge in [-0.25, -0.2) is 18.1 Å². The highest BCUT2D eigenvalue weighted by Gasteiger charge is 2.30. The first kappa shape index (κ1) is 41.2. The number of carbonyl (C=O) groups excluding carboxylic acids is 1. The van der Waals surface area contributed by atoms with Crippen molar-refractivity contribution in [1.82, 2.24) is 19.6 Å². The average Bonchev–Trinajstić information content (AvgIpc) is 3.72. The van der Waals surface area contributed by atoms with Gasteiger partial charge in [0.15, 0.2) is 5.75 Å². The van der Waals surface area contributed by atoms with E-state index >= 15 is 0 Å². The van der Waals surface area contributed by atoms with E-state index in [1.807, 2.05) is 30.3 Å². The van der Waals surface area contributed by atoms with Crippen LogP contribution in [-0.4, -0.2) is 81.7 Å². The van der Waals surface area contributed by atoms with E-state index in [1.54, 1.807) is 24.5 Å². The lowest BCUT2D eigenvalue weighted by atomic mass is 9.72. The van der Waals surface area contributed by atoms with Crippen LogP contribution in [0.3, 0.4) is 0 Å². The average molecular weight is 859 g/mol. The summed E-state index contributed by atoms with van der Waals surface area (Å²) < 4.78 is 47.2. The number of piperazine rings is 1.